The fraction of sp³-hybridized carbons (Fsp3) is 0.0476. The lowest BCUT2D eigenvalue weighted by atomic mass is 10.2. The van der Waals surface area contributed by atoms with E-state index in [0.717, 1.165) is 32.3 Å². The maximum Gasteiger partial charge on any atom is 0.258 e. The quantitative estimate of drug-likeness (QED) is 0.323. The monoisotopic (exact) mass is 402 g/mol. The van der Waals surface area contributed by atoms with Gasteiger partial charge in [0, 0.05) is 23.4 Å². The van der Waals surface area contributed by atoms with Crippen molar-refractivity contribution < 1.29 is 0 Å². The molecule has 7 heteroatoms. The van der Waals surface area contributed by atoms with Crippen LogP contribution >= 0.6 is 23.1 Å². The zero-order valence-electron chi connectivity index (χ0n) is 14.6. The van der Waals surface area contributed by atoms with Gasteiger partial charge in [0.25, 0.3) is 5.56 Å². The minimum absolute atomic E-state index is 0.0759. The number of rotatable bonds is 4. The van der Waals surface area contributed by atoms with Gasteiger partial charge in [0.15, 0.2) is 5.82 Å². The Labute approximate surface area is 168 Å². The Bertz CT molecular complexity index is 1350. The van der Waals surface area contributed by atoms with Gasteiger partial charge in [-0.1, -0.05) is 42.1 Å². The molecular weight excluding hydrogens is 388 g/mol. The summed E-state index contributed by atoms with van der Waals surface area (Å²) >= 11 is 3.20. The Morgan fingerprint density at radius 3 is 2.75 bits per heavy atom. The third-order valence-corrected chi connectivity index (χ3v) is 6.18. The standard InChI is InChI=1S/C21H14N4OS2/c26-19-12-14(22-18-9-3-4-10-25(18)19)13-28-21-15-6-1-2-7-16(15)23-20(24-21)17-8-5-11-27-17/h1-12H,13H2. The molecule has 0 bridgehead atoms. The average molecular weight is 403 g/mol. The Morgan fingerprint density at radius 1 is 0.964 bits per heavy atom. The van der Waals surface area contributed by atoms with E-state index in [0.29, 0.717) is 11.4 Å². The molecule has 0 fully saturated rings. The largest absolute Gasteiger partial charge is 0.269 e. The number of benzene rings is 1. The van der Waals surface area contributed by atoms with Crippen molar-refractivity contribution in [2.75, 3.05) is 0 Å². The number of hydrogen-bond donors (Lipinski definition) is 0. The highest BCUT2D eigenvalue weighted by atomic mass is 32.2. The summed E-state index contributed by atoms with van der Waals surface area (Å²) in [5.41, 5.74) is 2.22. The van der Waals surface area contributed by atoms with Crippen LogP contribution in [-0.4, -0.2) is 19.4 Å². The van der Waals surface area contributed by atoms with Gasteiger partial charge in [-0.25, -0.2) is 15.0 Å². The molecule has 0 aliphatic carbocycles. The van der Waals surface area contributed by atoms with Crippen molar-refractivity contribution in [2.24, 2.45) is 0 Å². The number of aromatic nitrogens is 4. The van der Waals surface area contributed by atoms with Crippen LogP contribution in [0.15, 0.2) is 82.1 Å². The van der Waals surface area contributed by atoms with Gasteiger partial charge in [-0.15, -0.1) is 11.3 Å². The molecule has 0 amide bonds. The first-order valence-electron chi connectivity index (χ1n) is 8.69. The first-order chi connectivity index (χ1) is 13.8. The lowest BCUT2D eigenvalue weighted by Crippen LogP contribution is -2.14. The Morgan fingerprint density at radius 2 is 1.86 bits per heavy atom. The molecule has 0 atom stereocenters. The van der Waals surface area contributed by atoms with Crippen LogP contribution in [0.3, 0.4) is 0 Å². The van der Waals surface area contributed by atoms with E-state index in [2.05, 4.69) is 4.98 Å². The zero-order valence-corrected chi connectivity index (χ0v) is 16.3. The van der Waals surface area contributed by atoms with Crippen molar-refractivity contribution >= 4 is 39.6 Å². The van der Waals surface area contributed by atoms with Crippen molar-refractivity contribution in [3.63, 3.8) is 0 Å². The molecule has 4 aromatic heterocycles. The summed E-state index contributed by atoms with van der Waals surface area (Å²) in [6.45, 7) is 0. The van der Waals surface area contributed by atoms with Crippen molar-refractivity contribution in [1.82, 2.24) is 19.4 Å². The van der Waals surface area contributed by atoms with Crippen LogP contribution in [0.1, 0.15) is 5.69 Å². The molecule has 0 aliphatic heterocycles. The number of para-hydroxylation sites is 1. The second-order valence-electron chi connectivity index (χ2n) is 6.15. The highest BCUT2D eigenvalue weighted by Gasteiger charge is 2.11. The molecule has 0 radical (unpaired) electrons. The molecular formula is C21H14N4OS2. The van der Waals surface area contributed by atoms with Crippen molar-refractivity contribution in [3.05, 3.63) is 88.3 Å². The summed E-state index contributed by atoms with van der Waals surface area (Å²) in [7, 11) is 0. The van der Waals surface area contributed by atoms with E-state index >= 15 is 0 Å². The van der Waals surface area contributed by atoms with Crippen molar-refractivity contribution in [1.29, 1.82) is 0 Å². The van der Waals surface area contributed by atoms with Gasteiger partial charge in [0.2, 0.25) is 0 Å². The fourth-order valence-electron chi connectivity index (χ4n) is 2.99. The number of nitrogens with zero attached hydrogens (tertiary/aromatic N) is 4. The number of thioether (sulfide) groups is 1. The second-order valence-corrected chi connectivity index (χ2v) is 8.06. The van der Waals surface area contributed by atoms with Crippen molar-refractivity contribution in [3.8, 4) is 10.7 Å². The molecule has 136 valence electrons. The highest BCUT2D eigenvalue weighted by molar-refractivity contribution is 7.98. The van der Waals surface area contributed by atoms with Crippen LogP contribution in [0, 0.1) is 0 Å². The van der Waals surface area contributed by atoms with Gasteiger partial charge in [-0.2, -0.15) is 0 Å². The molecule has 0 spiro atoms. The van der Waals surface area contributed by atoms with Gasteiger partial charge < -0.3 is 0 Å². The molecule has 0 unspecified atom stereocenters. The summed E-state index contributed by atoms with van der Waals surface area (Å²) in [5.74, 6) is 1.29. The van der Waals surface area contributed by atoms with Crippen molar-refractivity contribution in [2.45, 2.75) is 10.8 Å². The van der Waals surface area contributed by atoms with Gasteiger partial charge in [-0.05, 0) is 29.6 Å². The van der Waals surface area contributed by atoms with E-state index in [1.807, 2.05) is 60.0 Å². The number of pyridine rings is 1. The van der Waals surface area contributed by atoms with E-state index in [4.69, 9.17) is 9.97 Å². The fourth-order valence-corrected chi connectivity index (χ4v) is 4.56. The Balaban J connectivity index is 1.54. The van der Waals surface area contributed by atoms with Crippen LogP contribution < -0.4 is 5.56 Å². The Hall–Kier alpha value is -3.03. The summed E-state index contributed by atoms with van der Waals surface area (Å²) in [5, 5.41) is 3.92. The van der Waals surface area contributed by atoms with E-state index in [9.17, 15) is 4.79 Å². The summed E-state index contributed by atoms with van der Waals surface area (Å²) in [4.78, 5) is 27.5. The first-order valence-corrected chi connectivity index (χ1v) is 10.6. The molecule has 5 aromatic rings. The molecule has 0 saturated heterocycles. The summed E-state index contributed by atoms with van der Waals surface area (Å²) < 4.78 is 1.54. The van der Waals surface area contributed by atoms with Gasteiger partial charge in [0.1, 0.15) is 10.7 Å². The van der Waals surface area contributed by atoms with Gasteiger partial charge >= 0.3 is 0 Å². The molecule has 5 nitrogen and oxygen atoms in total. The maximum absolute atomic E-state index is 12.3. The smallest absolute Gasteiger partial charge is 0.258 e. The summed E-state index contributed by atoms with van der Waals surface area (Å²) in [6.07, 6.45) is 1.73. The number of thiophene rings is 1. The second kappa shape index (κ2) is 7.18. The number of fused-ring (bicyclic) bond motifs is 2. The normalized spacial score (nSPS) is 11.3. The molecule has 0 aliphatic rings. The topological polar surface area (TPSA) is 60.2 Å². The summed E-state index contributed by atoms with van der Waals surface area (Å²) in [6, 6.07) is 19.1. The molecule has 0 N–H and O–H groups in total. The predicted molar refractivity (Wildman–Crippen MR) is 114 cm³/mol. The van der Waals surface area contributed by atoms with E-state index < -0.39 is 0 Å². The third kappa shape index (κ3) is 3.19. The molecule has 28 heavy (non-hydrogen) atoms. The third-order valence-electron chi connectivity index (χ3n) is 4.29. The SMILES string of the molecule is O=c1cc(CSc2nc(-c3cccs3)nc3ccccc23)nc2ccccn12. The van der Waals surface area contributed by atoms with Gasteiger partial charge in [-0.3, -0.25) is 9.20 Å². The lowest BCUT2D eigenvalue weighted by Gasteiger charge is -2.08. The van der Waals surface area contributed by atoms with Gasteiger partial charge in [0.05, 0.1) is 16.1 Å². The number of hydrogen-bond acceptors (Lipinski definition) is 6. The van der Waals surface area contributed by atoms with E-state index in [1.54, 1.807) is 39.8 Å². The Kier molecular flexibility index (Phi) is 4.38. The predicted octanol–water partition coefficient (Wildman–Crippen LogP) is 4.66. The first kappa shape index (κ1) is 17.1. The van der Waals surface area contributed by atoms with Crippen LogP contribution in [0.5, 0.6) is 0 Å². The molecule has 5 rings (SSSR count). The average Bonchev–Trinajstić information content (AvgIpc) is 3.27. The minimum atomic E-state index is -0.0759. The zero-order chi connectivity index (χ0) is 18.9. The van der Waals surface area contributed by atoms with Crippen LogP contribution in [-0.2, 0) is 5.75 Å². The highest BCUT2D eigenvalue weighted by Crippen LogP contribution is 2.31. The molecule has 4 heterocycles. The van der Waals surface area contributed by atoms with Crippen LogP contribution in [0.4, 0.5) is 0 Å². The van der Waals surface area contributed by atoms with Crippen LogP contribution in [0.25, 0.3) is 27.3 Å². The van der Waals surface area contributed by atoms with Crippen LogP contribution in [0.2, 0.25) is 0 Å². The molecule has 1 aromatic carbocycles. The van der Waals surface area contributed by atoms with E-state index in [1.165, 1.54) is 0 Å². The van der Waals surface area contributed by atoms with E-state index in [-0.39, 0.29) is 5.56 Å². The lowest BCUT2D eigenvalue weighted by molar-refractivity contribution is 1.01. The molecule has 0 saturated carbocycles. The minimum Gasteiger partial charge on any atom is -0.269 e. The maximum atomic E-state index is 12.3.